The molecule has 0 amide bonds. The van der Waals surface area contributed by atoms with Crippen LogP contribution in [-0.4, -0.2) is 0 Å². The summed E-state index contributed by atoms with van der Waals surface area (Å²) < 4.78 is 4.62. The number of aromatic nitrogens is 1. The van der Waals surface area contributed by atoms with Crippen LogP contribution in [0.15, 0.2) is 54.7 Å². The molecule has 0 aliphatic carbocycles. The number of hydrogen-bond acceptors (Lipinski definition) is 2. The summed E-state index contributed by atoms with van der Waals surface area (Å²) in [6.07, 6.45) is 2.08. The van der Waals surface area contributed by atoms with Crippen molar-refractivity contribution < 1.29 is 4.57 Å². The van der Waals surface area contributed by atoms with Crippen molar-refractivity contribution in [3.8, 4) is 17.3 Å². The molecule has 2 aromatic carbocycles. The van der Waals surface area contributed by atoms with Crippen molar-refractivity contribution in [2.24, 2.45) is 7.05 Å². The predicted molar refractivity (Wildman–Crippen MR) is 95.4 cm³/mol. The molecular formula is C20H15N2S+. The number of nitriles is 1. The number of fused-ring (bicyclic) bond motifs is 3. The van der Waals surface area contributed by atoms with Gasteiger partial charge in [0, 0.05) is 32.3 Å². The highest BCUT2D eigenvalue weighted by atomic mass is 32.1. The summed E-state index contributed by atoms with van der Waals surface area (Å²) in [5.74, 6) is 0. The van der Waals surface area contributed by atoms with Crippen LogP contribution < -0.4 is 4.57 Å². The average Bonchev–Trinajstić information content (AvgIpc) is 2.93. The molecule has 0 radical (unpaired) electrons. The Kier molecular flexibility index (Phi) is 3.14. The first-order chi connectivity index (χ1) is 11.2. The maximum atomic E-state index is 9.14. The maximum absolute atomic E-state index is 9.14. The number of hydrogen-bond donors (Lipinski definition) is 0. The van der Waals surface area contributed by atoms with Crippen molar-refractivity contribution >= 4 is 31.5 Å². The van der Waals surface area contributed by atoms with Gasteiger partial charge in [-0.25, -0.2) is 4.57 Å². The van der Waals surface area contributed by atoms with Crippen LogP contribution >= 0.6 is 11.3 Å². The molecule has 0 saturated heterocycles. The summed E-state index contributed by atoms with van der Waals surface area (Å²) in [7, 11) is 2.08. The van der Waals surface area contributed by atoms with E-state index in [0.717, 1.165) is 0 Å². The SMILES string of the molecule is Cc1ccc2c(sc3cc(C#N)ccc32)c1-c1cccc[n+]1C. The first-order valence-electron chi connectivity index (χ1n) is 7.50. The van der Waals surface area contributed by atoms with Gasteiger partial charge in [-0.1, -0.05) is 18.2 Å². The third kappa shape index (κ3) is 2.11. The fraction of sp³-hybridized carbons (Fsp3) is 0.100. The van der Waals surface area contributed by atoms with E-state index in [-0.39, 0.29) is 0 Å². The van der Waals surface area contributed by atoms with Crippen LogP contribution in [0, 0.1) is 18.3 Å². The molecule has 0 saturated carbocycles. The van der Waals surface area contributed by atoms with Gasteiger partial charge in [-0.2, -0.15) is 5.26 Å². The molecule has 0 aliphatic heterocycles. The standard InChI is InChI=1S/C20H15N2S/c1-13-6-8-16-15-9-7-14(12-21)11-18(15)23-20(16)19(13)17-5-3-4-10-22(17)2/h3-11H,1-2H3/q+1. The molecule has 0 atom stereocenters. The summed E-state index contributed by atoms with van der Waals surface area (Å²) in [4.78, 5) is 0. The third-order valence-corrected chi connectivity index (χ3v) is 5.48. The van der Waals surface area contributed by atoms with Crippen LogP contribution in [0.4, 0.5) is 0 Å². The van der Waals surface area contributed by atoms with Crippen molar-refractivity contribution in [2.75, 3.05) is 0 Å². The minimum atomic E-state index is 0.715. The van der Waals surface area contributed by atoms with Crippen LogP contribution in [-0.2, 0) is 7.05 Å². The normalized spacial score (nSPS) is 11.0. The van der Waals surface area contributed by atoms with E-state index < -0.39 is 0 Å². The lowest BCUT2D eigenvalue weighted by atomic mass is 10.0. The summed E-state index contributed by atoms with van der Waals surface area (Å²) >= 11 is 1.77. The molecule has 0 N–H and O–H groups in total. The van der Waals surface area contributed by atoms with Crippen molar-refractivity contribution in [1.29, 1.82) is 5.26 Å². The van der Waals surface area contributed by atoms with Crippen LogP contribution in [0.5, 0.6) is 0 Å². The van der Waals surface area contributed by atoms with Crippen molar-refractivity contribution in [1.82, 2.24) is 0 Å². The van der Waals surface area contributed by atoms with Crippen molar-refractivity contribution in [2.45, 2.75) is 6.92 Å². The second kappa shape index (κ2) is 5.19. The smallest absolute Gasteiger partial charge is 0.201 e. The molecule has 0 fully saturated rings. The number of rotatable bonds is 1. The highest BCUT2D eigenvalue weighted by molar-refractivity contribution is 7.26. The topological polar surface area (TPSA) is 27.7 Å². The highest BCUT2D eigenvalue weighted by Crippen LogP contribution is 2.40. The van der Waals surface area contributed by atoms with E-state index in [1.807, 2.05) is 18.2 Å². The van der Waals surface area contributed by atoms with Crippen molar-refractivity contribution in [3.05, 3.63) is 65.9 Å². The zero-order valence-electron chi connectivity index (χ0n) is 13.0. The fourth-order valence-corrected chi connectivity index (χ4v) is 4.46. The van der Waals surface area contributed by atoms with Gasteiger partial charge in [-0.15, -0.1) is 11.3 Å². The highest BCUT2D eigenvalue weighted by Gasteiger charge is 2.18. The van der Waals surface area contributed by atoms with E-state index >= 15 is 0 Å². The maximum Gasteiger partial charge on any atom is 0.213 e. The quantitative estimate of drug-likeness (QED) is 0.467. The van der Waals surface area contributed by atoms with Gasteiger partial charge in [0.2, 0.25) is 5.69 Å². The van der Waals surface area contributed by atoms with Crippen LogP contribution in [0.2, 0.25) is 0 Å². The molecule has 3 heteroatoms. The minimum Gasteiger partial charge on any atom is -0.201 e. The fourth-order valence-electron chi connectivity index (χ4n) is 3.11. The number of nitrogens with zero attached hydrogens (tertiary/aromatic N) is 2. The molecule has 2 aromatic heterocycles. The average molecular weight is 315 g/mol. The predicted octanol–water partition coefficient (Wildman–Crippen LogP) is 4.73. The lowest BCUT2D eigenvalue weighted by molar-refractivity contribution is -0.660. The van der Waals surface area contributed by atoms with Gasteiger partial charge in [-0.05, 0) is 30.7 Å². The van der Waals surface area contributed by atoms with E-state index in [1.54, 1.807) is 11.3 Å². The van der Waals surface area contributed by atoms with Gasteiger partial charge in [0.05, 0.1) is 17.2 Å². The Balaban J connectivity index is 2.14. The van der Waals surface area contributed by atoms with Crippen molar-refractivity contribution in [3.63, 3.8) is 0 Å². The lowest BCUT2D eigenvalue weighted by Gasteiger charge is -2.05. The lowest BCUT2D eigenvalue weighted by Crippen LogP contribution is -2.30. The van der Waals surface area contributed by atoms with Gasteiger partial charge in [0.1, 0.15) is 7.05 Å². The summed E-state index contributed by atoms with van der Waals surface area (Å²) in [5, 5.41) is 11.6. The first kappa shape index (κ1) is 13.9. The van der Waals surface area contributed by atoms with E-state index in [2.05, 4.69) is 61.1 Å². The monoisotopic (exact) mass is 315 g/mol. The zero-order chi connectivity index (χ0) is 16.0. The van der Waals surface area contributed by atoms with Gasteiger partial charge >= 0.3 is 0 Å². The van der Waals surface area contributed by atoms with E-state index in [0.29, 0.717) is 5.56 Å². The Bertz CT molecular complexity index is 1100. The summed E-state index contributed by atoms with van der Waals surface area (Å²) in [6.45, 7) is 2.16. The number of pyridine rings is 1. The zero-order valence-corrected chi connectivity index (χ0v) is 13.8. The van der Waals surface area contributed by atoms with Gasteiger partial charge in [0.25, 0.3) is 0 Å². The number of aryl methyl sites for hydroxylation is 2. The molecule has 2 nitrogen and oxygen atoms in total. The second-order valence-corrected chi connectivity index (χ2v) is 6.81. The van der Waals surface area contributed by atoms with E-state index in [1.165, 1.54) is 37.0 Å². The molecule has 110 valence electrons. The number of benzene rings is 2. The van der Waals surface area contributed by atoms with Crippen LogP contribution in [0.1, 0.15) is 11.1 Å². The largest absolute Gasteiger partial charge is 0.213 e. The second-order valence-electron chi connectivity index (χ2n) is 5.76. The molecule has 0 unspecified atom stereocenters. The van der Waals surface area contributed by atoms with Gasteiger partial charge < -0.3 is 0 Å². The Labute approximate surface area is 138 Å². The van der Waals surface area contributed by atoms with E-state index in [9.17, 15) is 0 Å². The molecule has 4 aromatic rings. The van der Waals surface area contributed by atoms with Crippen LogP contribution in [0.3, 0.4) is 0 Å². The Morgan fingerprint density at radius 2 is 1.87 bits per heavy atom. The molecule has 0 bridgehead atoms. The molecule has 4 rings (SSSR count). The van der Waals surface area contributed by atoms with E-state index in [4.69, 9.17) is 5.26 Å². The summed E-state index contributed by atoms with van der Waals surface area (Å²) in [6, 6.07) is 18.9. The number of thiophene rings is 1. The minimum absolute atomic E-state index is 0.715. The molecule has 23 heavy (non-hydrogen) atoms. The summed E-state index contributed by atoms with van der Waals surface area (Å²) in [5.41, 5.74) is 4.48. The molecule has 2 heterocycles. The van der Waals surface area contributed by atoms with Gasteiger partial charge in [0.15, 0.2) is 6.20 Å². The molecule has 0 spiro atoms. The Hall–Kier alpha value is -2.70. The Morgan fingerprint density at radius 1 is 1.04 bits per heavy atom. The van der Waals surface area contributed by atoms with Crippen LogP contribution in [0.25, 0.3) is 31.4 Å². The molecule has 0 aliphatic rings. The Morgan fingerprint density at radius 3 is 2.65 bits per heavy atom. The third-order valence-electron chi connectivity index (χ3n) is 4.29. The first-order valence-corrected chi connectivity index (χ1v) is 8.31. The van der Waals surface area contributed by atoms with Gasteiger partial charge in [-0.3, -0.25) is 0 Å². The molecular weight excluding hydrogens is 300 g/mol.